The molecule has 1 aromatic heterocycles. The fourth-order valence-electron chi connectivity index (χ4n) is 3.32. The van der Waals surface area contributed by atoms with E-state index < -0.39 is 17.7 Å². The molecular weight excluding hydrogens is 394 g/mol. The van der Waals surface area contributed by atoms with Crippen molar-refractivity contribution in [2.24, 2.45) is 0 Å². The van der Waals surface area contributed by atoms with Crippen molar-refractivity contribution in [2.45, 2.75) is 45.8 Å². The molecule has 31 heavy (non-hydrogen) atoms. The minimum Gasteiger partial charge on any atom is -0.495 e. The second-order valence-electron chi connectivity index (χ2n) is 8.46. The number of amides is 2. The molecule has 0 aliphatic rings. The smallest absolute Gasteiger partial charge is 0.408 e. The lowest BCUT2D eigenvalue weighted by Gasteiger charge is -2.23. The Morgan fingerprint density at radius 3 is 2.58 bits per heavy atom. The number of fused-ring (bicyclic) bond motifs is 1. The number of alkyl carbamates (subject to hydrolysis) is 1. The first-order valence-corrected chi connectivity index (χ1v) is 10.2. The second kappa shape index (κ2) is 9.12. The van der Waals surface area contributed by atoms with Gasteiger partial charge in [0.2, 0.25) is 5.91 Å². The molecule has 0 aliphatic heterocycles. The van der Waals surface area contributed by atoms with Gasteiger partial charge < -0.3 is 25.1 Å². The fourth-order valence-corrected chi connectivity index (χ4v) is 3.32. The van der Waals surface area contributed by atoms with Crippen LogP contribution in [0.15, 0.2) is 48.7 Å². The number of aromatic nitrogens is 1. The summed E-state index contributed by atoms with van der Waals surface area (Å²) in [6, 6.07) is 12.5. The molecule has 164 valence electrons. The Hall–Kier alpha value is -3.48. The van der Waals surface area contributed by atoms with Gasteiger partial charge in [0.25, 0.3) is 0 Å². The van der Waals surface area contributed by atoms with Crippen molar-refractivity contribution in [1.29, 1.82) is 0 Å². The van der Waals surface area contributed by atoms with Crippen molar-refractivity contribution < 1.29 is 19.1 Å². The molecule has 2 amide bonds. The number of ether oxygens (including phenoxy) is 2. The molecule has 0 saturated heterocycles. The number of H-pyrrole nitrogens is 1. The quantitative estimate of drug-likeness (QED) is 0.542. The predicted molar refractivity (Wildman–Crippen MR) is 122 cm³/mol. The SMILES string of the molecule is COc1ccc(C)cc1NC(=O)[C@H](Cc1c[nH]c2ccccc12)NC(=O)OC(C)(C)C. The molecule has 1 atom stereocenters. The molecule has 2 aromatic carbocycles. The van der Waals surface area contributed by atoms with Crippen molar-refractivity contribution >= 4 is 28.6 Å². The van der Waals surface area contributed by atoms with Crippen LogP contribution < -0.4 is 15.4 Å². The highest BCUT2D eigenvalue weighted by Crippen LogP contribution is 2.26. The molecule has 7 nitrogen and oxygen atoms in total. The largest absolute Gasteiger partial charge is 0.495 e. The van der Waals surface area contributed by atoms with Crippen LogP contribution in [0, 0.1) is 6.92 Å². The van der Waals surface area contributed by atoms with Gasteiger partial charge >= 0.3 is 6.09 Å². The van der Waals surface area contributed by atoms with E-state index in [2.05, 4.69) is 15.6 Å². The monoisotopic (exact) mass is 423 g/mol. The summed E-state index contributed by atoms with van der Waals surface area (Å²) >= 11 is 0. The minimum absolute atomic E-state index is 0.295. The van der Waals surface area contributed by atoms with Crippen LogP contribution in [0.1, 0.15) is 31.9 Å². The zero-order valence-corrected chi connectivity index (χ0v) is 18.5. The Morgan fingerprint density at radius 1 is 1.13 bits per heavy atom. The van der Waals surface area contributed by atoms with Crippen LogP contribution in [0.25, 0.3) is 10.9 Å². The molecule has 3 N–H and O–H groups in total. The predicted octanol–water partition coefficient (Wildman–Crippen LogP) is 4.56. The Labute approximate surface area is 182 Å². The fraction of sp³-hybridized carbons (Fsp3) is 0.333. The van der Waals surface area contributed by atoms with Crippen LogP contribution in [-0.2, 0) is 16.0 Å². The number of hydrogen-bond donors (Lipinski definition) is 3. The molecule has 0 saturated carbocycles. The third kappa shape index (κ3) is 5.78. The van der Waals surface area contributed by atoms with Gasteiger partial charge in [-0.15, -0.1) is 0 Å². The summed E-state index contributed by atoms with van der Waals surface area (Å²) in [6.07, 6.45) is 1.50. The van der Waals surface area contributed by atoms with E-state index in [4.69, 9.17) is 9.47 Å². The zero-order valence-electron chi connectivity index (χ0n) is 18.5. The van der Waals surface area contributed by atoms with Gasteiger partial charge in [0, 0.05) is 23.5 Å². The maximum Gasteiger partial charge on any atom is 0.408 e. The number of benzene rings is 2. The third-order valence-electron chi connectivity index (χ3n) is 4.72. The molecule has 3 aromatic rings. The first-order chi connectivity index (χ1) is 14.7. The van der Waals surface area contributed by atoms with Gasteiger partial charge in [-0.25, -0.2) is 4.79 Å². The second-order valence-corrected chi connectivity index (χ2v) is 8.46. The van der Waals surface area contributed by atoms with Gasteiger partial charge in [0.05, 0.1) is 12.8 Å². The standard InChI is InChI=1S/C24H29N3O4/c1-15-10-11-21(30-5)19(12-15)26-22(28)20(27-23(29)31-24(2,3)4)13-16-14-25-18-9-7-6-8-17(16)18/h6-12,14,20,25H,13H2,1-5H3,(H,26,28)(H,27,29)/t20-/m0/s1. The van der Waals surface area contributed by atoms with Crippen molar-refractivity contribution in [1.82, 2.24) is 10.3 Å². The molecule has 0 bridgehead atoms. The summed E-state index contributed by atoms with van der Waals surface area (Å²) in [7, 11) is 1.54. The summed E-state index contributed by atoms with van der Waals surface area (Å²) in [6.45, 7) is 7.26. The normalized spacial score (nSPS) is 12.3. The van der Waals surface area contributed by atoms with Gasteiger partial charge in [0.15, 0.2) is 0 Å². The highest BCUT2D eigenvalue weighted by molar-refractivity contribution is 5.98. The van der Waals surface area contributed by atoms with Crippen LogP contribution >= 0.6 is 0 Å². The summed E-state index contributed by atoms with van der Waals surface area (Å²) in [5.74, 6) is 0.183. The Kier molecular flexibility index (Phi) is 6.53. The highest BCUT2D eigenvalue weighted by Gasteiger charge is 2.26. The molecule has 0 radical (unpaired) electrons. The van der Waals surface area contributed by atoms with Crippen LogP contribution in [0.5, 0.6) is 5.75 Å². The molecule has 0 fully saturated rings. The van der Waals surface area contributed by atoms with Crippen LogP contribution in [-0.4, -0.2) is 35.7 Å². The molecule has 0 spiro atoms. The molecule has 3 rings (SSSR count). The zero-order chi connectivity index (χ0) is 22.6. The van der Waals surface area contributed by atoms with Crippen LogP contribution in [0.2, 0.25) is 0 Å². The lowest BCUT2D eigenvalue weighted by atomic mass is 10.0. The van der Waals surface area contributed by atoms with E-state index in [9.17, 15) is 9.59 Å². The Bertz CT molecular complexity index is 1080. The number of aromatic amines is 1. The van der Waals surface area contributed by atoms with Gasteiger partial charge in [-0.1, -0.05) is 24.3 Å². The number of para-hydroxylation sites is 1. The average Bonchev–Trinajstić information content (AvgIpc) is 3.09. The van der Waals surface area contributed by atoms with E-state index in [1.165, 1.54) is 0 Å². The Morgan fingerprint density at radius 2 is 1.87 bits per heavy atom. The lowest BCUT2D eigenvalue weighted by molar-refractivity contribution is -0.118. The lowest BCUT2D eigenvalue weighted by Crippen LogP contribution is -2.47. The maximum absolute atomic E-state index is 13.2. The topological polar surface area (TPSA) is 92.5 Å². The van der Waals surface area contributed by atoms with E-state index in [0.29, 0.717) is 17.9 Å². The number of carbonyl (C=O) groups is 2. The minimum atomic E-state index is -0.848. The van der Waals surface area contributed by atoms with Crippen molar-refractivity contribution in [3.8, 4) is 5.75 Å². The molecule has 1 heterocycles. The van der Waals surface area contributed by atoms with E-state index in [1.54, 1.807) is 33.9 Å². The van der Waals surface area contributed by atoms with E-state index in [0.717, 1.165) is 22.0 Å². The average molecular weight is 424 g/mol. The van der Waals surface area contributed by atoms with E-state index in [-0.39, 0.29) is 5.91 Å². The van der Waals surface area contributed by atoms with Gasteiger partial charge in [-0.3, -0.25) is 4.79 Å². The highest BCUT2D eigenvalue weighted by atomic mass is 16.6. The van der Waals surface area contributed by atoms with Crippen LogP contribution in [0.4, 0.5) is 10.5 Å². The number of carbonyl (C=O) groups excluding carboxylic acids is 2. The van der Waals surface area contributed by atoms with Crippen molar-refractivity contribution in [3.63, 3.8) is 0 Å². The third-order valence-corrected chi connectivity index (χ3v) is 4.72. The summed E-state index contributed by atoms with van der Waals surface area (Å²) in [5.41, 5.74) is 2.73. The number of aryl methyl sites for hydroxylation is 1. The molecule has 0 aliphatic carbocycles. The van der Waals surface area contributed by atoms with E-state index in [1.807, 2.05) is 49.5 Å². The first kappa shape index (κ1) is 22.2. The molecular formula is C24H29N3O4. The Balaban J connectivity index is 1.86. The van der Waals surface area contributed by atoms with Crippen LogP contribution in [0.3, 0.4) is 0 Å². The molecule has 0 unspecified atom stereocenters. The maximum atomic E-state index is 13.2. The first-order valence-electron chi connectivity index (χ1n) is 10.2. The van der Waals surface area contributed by atoms with Crippen molar-refractivity contribution in [3.05, 3.63) is 59.8 Å². The summed E-state index contributed by atoms with van der Waals surface area (Å²) < 4.78 is 10.7. The van der Waals surface area contributed by atoms with E-state index >= 15 is 0 Å². The number of rotatable bonds is 6. The number of nitrogens with one attached hydrogen (secondary N) is 3. The summed E-state index contributed by atoms with van der Waals surface area (Å²) in [4.78, 5) is 28.9. The number of hydrogen-bond acceptors (Lipinski definition) is 4. The van der Waals surface area contributed by atoms with Gasteiger partial charge in [-0.05, 0) is 57.0 Å². The van der Waals surface area contributed by atoms with Gasteiger partial charge in [-0.2, -0.15) is 0 Å². The summed E-state index contributed by atoms with van der Waals surface area (Å²) in [5, 5.41) is 6.61. The molecule has 7 heteroatoms. The number of anilines is 1. The van der Waals surface area contributed by atoms with Crippen molar-refractivity contribution in [2.75, 3.05) is 12.4 Å². The number of methoxy groups -OCH3 is 1. The van der Waals surface area contributed by atoms with Gasteiger partial charge in [0.1, 0.15) is 17.4 Å².